The molecule has 1 aromatic carbocycles. The van der Waals surface area contributed by atoms with Crippen LogP contribution in [0.2, 0.25) is 0 Å². The number of carbonyl (C=O) groups is 1. The fourth-order valence-electron chi connectivity index (χ4n) is 2.91. The van der Waals surface area contributed by atoms with Crippen LogP contribution >= 0.6 is 0 Å². The van der Waals surface area contributed by atoms with Crippen LogP contribution in [0.15, 0.2) is 42.7 Å². The first kappa shape index (κ1) is 15.5. The predicted molar refractivity (Wildman–Crippen MR) is 89.3 cm³/mol. The number of pyridine rings is 1. The van der Waals surface area contributed by atoms with E-state index < -0.39 is 6.10 Å². The van der Waals surface area contributed by atoms with Gasteiger partial charge in [-0.25, -0.2) is 0 Å². The van der Waals surface area contributed by atoms with Gasteiger partial charge in [-0.15, -0.1) is 0 Å². The zero-order valence-corrected chi connectivity index (χ0v) is 13.4. The van der Waals surface area contributed by atoms with Crippen molar-refractivity contribution in [3.63, 3.8) is 0 Å². The molecule has 0 bridgehead atoms. The van der Waals surface area contributed by atoms with Crippen LogP contribution < -0.4 is 10.1 Å². The molecule has 1 aromatic heterocycles. The molecule has 0 aliphatic heterocycles. The number of aryl methyl sites for hydroxylation is 2. The van der Waals surface area contributed by atoms with Crippen LogP contribution in [0.4, 0.5) is 0 Å². The maximum absolute atomic E-state index is 12.3. The number of benzene rings is 1. The topological polar surface area (TPSA) is 51.2 Å². The number of fused-ring (bicyclic) bond motifs is 1. The molecule has 0 fully saturated rings. The van der Waals surface area contributed by atoms with Gasteiger partial charge in [0.15, 0.2) is 6.10 Å². The maximum Gasteiger partial charge on any atom is 0.261 e. The van der Waals surface area contributed by atoms with Gasteiger partial charge < -0.3 is 10.1 Å². The highest BCUT2D eigenvalue weighted by atomic mass is 16.5. The van der Waals surface area contributed by atoms with Gasteiger partial charge in [0.25, 0.3) is 5.91 Å². The molecule has 1 amide bonds. The summed E-state index contributed by atoms with van der Waals surface area (Å²) in [5.74, 6) is 0.700. The van der Waals surface area contributed by atoms with Crippen molar-refractivity contribution in [2.75, 3.05) is 0 Å². The summed E-state index contributed by atoms with van der Waals surface area (Å²) >= 11 is 0. The summed E-state index contributed by atoms with van der Waals surface area (Å²) < 4.78 is 5.91. The standard InChI is InChI=1S/C19H22N2O2/c1-2-18(19(22)21-13-14-5-4-10-20-12-14)23-17-9-8-15-6-3-7-16(15)11-17/h4-5,8-12,18H,2-3,6-7,13H2,1H3,(H,21,22). The number of carbonyl (C=O) groups excluding carboxylic acids is 1. The summed E-state index contributed by atoms with van der Waals surface area (Å²) in [6, 6.07) is 9.98. The van der Waals surface area contributed by atoms with E-state index in [9.17, 15) is 4.79 Å². The lowest BCUT2D eigenvalue weighted by atomic mass is 10.1. The minimum Gasteiger partial charge on any atom is -0.481 e. The summed E-state index contributed by atoms with van der Waals surface area (Å²) in [7, 11) is 0. The van der Waals surface area contributed by atoms with Crippen LogP contribution in [0.5, 0.6) is 5.75 Å². The zero-order valence-electron chi connectivity index (χ0n) is 13.4. The van der Waals surface area contributed by atoms with Crippen LogP contribution in [0.3, 0.4) is 0 Å². The molecule has 4 heteroatoms. The van der Waals surface area contributed by atoms with E-state index in [4.69, 9.17) is 4.74 Å². The van der Waals surface area contributed by atoms with E-state index in [1.54, 1.807) is 12.4 Å². The maximum atomic E-state index is 12.3. The molecule has 1 unspecified atom stereocenters. The molecule has 0 saturated carbocycles. The summed E-state index contributed by atoms with van der Waals surface area (Å²) in [5, 5.41) is 2.92. The Morgan fingerprint density at radius 1 is 1.30 bits per heavy atom. The van der Waals surface area contributed by atoms with Gasteiger partial charge in [0.1, 0.15) is 5.75 Å². The van der Waals surface area contributed by atoms with Crippen LogP contribution in [-0.4, -0.2) is 17.0 Å². The first-order chi connectivity index (χ1) is 11.3. The highest BCUT2D eigenvalue weighted by molar-refractivity contribution is 5.81. The van der Waals surface area contributed by atoms with E-state index in [2.05, 4.69) is 22.4 Å². The van der Waals surface area contributed by atoms with Gasteiger partial charge in [0.2, 0.25) is 0 Å². The van der Waals surface area contributed by atoms with Crippen molar-refractivity contribution in [3.05, 3.63) is 59.4 Å². The molecule has 2 aromatic rings. The van der Waals surface area contributed by atoms with E-state index in [-0.39, 0.29) is 5.91 Å². The minimum atomic E-state index is -0.467. The van der Waals surface area contributed by atoms with Gasteiger partial charge in [0, 0.05) is 18.9 Å². The molecular weight excluding hydrogens is 288 g/mol. The van der Waals surface area contributed by atoms with Crippen LogP contribution in [0.25, 0.3) is 0 Å². The predicted octanol–water partition coefficient (Wildman–Crippen LogP) is 3.04. The highest BCUT2D eigenvalue weighted by Gasteiger charge is 2.19. The number of amides is 1. The lowest BCUT2D eigenvalue weighted by molar-refractivity contribution is -0.128. The van der Waals surface area contributed by atoms with Crippen molar-refractivity contribution in [2.45, 2.75) is 45.3 Å². The average Bonchev–Trinajstić information content (AvgIpc) is 3.06. The van der Waals surface area contributed by atoms with Crippen molar-refractivity contribution in [1.29, 1.82) is 0 Å². The van der Waals surface area contributed by atoms with Crippen LogP contribution in [-0.2, 0) is 24.2 Å². The molecule has 1 atom stereocenters. The van der Waals surface area contributed by atoms with Crippen LogP contribution in [0.1, 0.15) is 36.5 Å². The van der Waals surface area contributed by atoms with Gasteiger partial charge in [0.05, 0.1) is 0 Å². The van der Waals surface area contributed by atoms with E-state index in [0.29, 0.717) is 13.0 Å². The molecule has 0 spiro atoms. The summed E-state index contributed by atoms with van der Waals surface area (Å²) in [4.78, 5) is 16.4. The van der Waals surface area contributed by atoms with Crippen molar-refractivity contribution in [2.24, 2.45) is 0 Å². The Morgan fingerprint density at radius 3 is 2.96 bits per heavy atom. The molecule has 3 rings (SSSR count). The normalized spacial score (nSPS) is 14.1. The third-order valence-electron chi connectivity index (χ3n) is 4.20. The van der Waals surface area contributed by atoms with E-state index in [1.165, 1.54) is 17.5 Å². The van der Waals surface area contributed by atoms with Crippen molar-refractivity contribution in [3.8, 4) is 5.75 Å². The SMILES string of the molecule is CCC(Oc1ccc2c(c1)CCC2)C(=O)NCc1cccnc1. The van der Waals surface area contributed by atoms with Gasteiger partial charge in [-0.2, -0.15) is 0 Å². The monoisotopic (exact) mass is 310 g/mol. The number of rotatable bonds is 6. The van der Waals surface area contributed by atoms with Crippen LogP contribution in [0, 0.1) is 0 Å². The second kappa shape index (κ2) is 7.27. The first-order valence-corrected chi connectivity index (χ1v) is 8.21. The fraction of sp³-hybridized carbons (Fsp3) is 0.368. The zero-order chi connectivity index (χ0) is 16.1. The first-order valence-electron chi connectivity index (χ1n) is 8.21. The Balaban J connectivity index is 1.59. The van der Waals surface area contributed by atoms with E-state index >= 15 is 0 Å². The van der Waals surface area contributed by atoms with E-state index in [0.717, 1.165) is 24.2 Å². The van der Waals surface area contributed by atoms with E-state index in [1.807, 2.05) is 25.1 Å². The third kappa shape index (κ3) is 3.89. The Morgan fingerprint density at radius 2 is 2.17 bits per heavy atom. The highest BCUT2D eigenvalue weighted by Crippen LogP contribution is 2.26. The van der Waals surface area contributed by atoms with Crippen molar-refractivity contribution < 1.29 is 9.53 Å². The Labute approximate surface area is 136 Å². The second-order valence-corrected chi connectivity index (χ2v) is 5.88. The van der Waals surface area contributed by atoms with Crippen molar-refractivity contribution >= 4 is 5.91 Å². The molecule has 120 valence electrons. The Kier molecular flexibility index (Phi) is 4.91. The minimum absolute atomic E-state index is 0.0862. The molecule has 1 aliphatic carbocycles. The number of nitrogens with zero attached hydrogens (tertiary/aromatic N) is 1. The molecule has 4 nitrogen and oxygen atoms in total. The quantitative estimate of drug-likeness (QED) is 0.892. The molecule has 1 heterocycles. The molecule has 0 radical (unpaired) electrons. The fourth-order valence-corrected chi connectivity index (χ4v) is 2.91. The van der Waals surface area contributed by atoms with Gasteiger partial charge in [-0.1, -0.05) is 19.1 Å². The molecule has 1 N–H and O–H groups in total. The third-order valence-corrected chi connectivity index (χ3v) is 4.20. The molecule has 1 aliphatic rings. The number of hydrogen-bond acceptors (Lipinski definition) is 3. The molecule has 23 heavy (non-hydrogen) atoms. The van der Waals surface area contributed by atoms with Gasteiger partial charge >= 0.3 is 0 Å². The molecule has 0 saturated heterocycles. The lowest BCUT2D eigenvalue weighted by Crippen LogP contribution is -2.37. The number of hydrogen-bond donors (Lipinski definition) is 1. The summed E-state index contributed by atoms with van der Waals surface area (Å²) in [6.45, 7) is 2.43. The number of ether oxygens (including phenoxy) is 1. The number of nitrogens with one attached hydrogen (secondary N) is 1. The molecular formula is C19H22N2O2. The average molecular weight is 310 g/mol. The Hall–Kier alpha value is -2.36. The summed E-state index contributed by atoms with van der Waals surface area (Å²) in [6.07, 6.45) is 7.11. The second-order valence-electron chi connectivity index (χ2n) is 5.88. The summed E-state index contributed by atoms with van der Waals surface area (Å²) in [5.41, 5.74) is 3.74. The van der Waals surface area contributed by atoms with Crippen molar-refractivity contribution in [1.82, 2.24) is 10.3 Å². The lowest BCUT2D eigenvalue weighted by Gasteiger charge is -2.18. The Bertz CT molecular complexity index is 670. The van der Waals surface area contributed by atoms with Gasteiger partial charge in [-0.05, 0) is 60.6 Å². The smallest absolute Gasteiger partial charge is 0.261 e. The largest absolute Gasteiger partial charge is 0.481 e. The van der Waals surface area contributed by atoms with Gasteiger partial charge in [-0.3, -0.25) is 9.78 Å². The number of aromatic nitrogens is 1.